The van der Waals surface area contributed by atoms with Crippen LogP contribution in [0.2, 0.25) is 0 Å². The number of ether oxygens (including phenoxy) is 1. The van der Waals surface area contributed by atoms with E-state index in [2.05, 4.69) is 28.6 Å². The standard InChI is InChI=1S/C20H28N4O2/c1-15(2)24-14-21-22-19(24)12-17-10-11-23(13-17)20(25)9-6-16-4-7-18(26-3)8-5-16/h4-5,7-8,14-15,17H,6,9-13H2,1-3H3. The first-order valence-electron chi connectivity index (χ1n) is 9.36. The van der Waals surface area contributed by atoms with Gasteiger partial charge in [-0.2, -0.15) is 0 Å². The van der Waals surface area contributed by atoms with Gasteiger partial charge in [0.2, 0.25) is 5.91 Å². The van der Waals surface area contributed by atoms with Crippen molar-refractivity contribution in [2.75, 3.05) is 20.2 Å². The Morgan fingerprint density at radius 2 is 2.08 bits per heavy atom. The zero-order valence-corrected chi connectivity index (χ0v) is 15.9. The molecule has 3 rings (SSSR count). The molecule has 0 N–H and O–H groups in total. The topological polar surface area (TPSA) is 60.2 Å². The summed E-state index contributed by atoms with van der Waals surface area (Å²) in [5.41, 5.74) is 1.17. The molecule has 2 heterocycles. The van der Waals surface area contributed by atoms with Gasteiger partial charge in [-0.3, -0.25) is 4.79 Å². The second kappa shape index (κ2) is 8.34. The zero-order chi connectivity index (χ0) is 18.5. The Hall–Kier alpha value is -2.37. The zero-order valence-electron chi connectivity index (χ0n) is 15.9. The number of hydrogen-bond acceptors (Lipinski definition) is 4. The predicted molar refractivity (Wildman–Crippen MR) is 100 cm³/mol. The molecule has 140 valence electrons. The number of rotatable bonds is 7. The molecule has 6 heteroatoms. The largest absolute Gasteiger partial charge is 0.497 e. The van der Waals surface area contributed by atoms with Gasteiger partial charge < -0.3 is 14.2 Å². The van der Waals surface area contributed by atoms with Crippen LogP contribution in [0.5, 0.6) is 5.75 Å². The Bertz CT molecular complexity index is 724. The second-order valence-electron chi connectivity index (χ2n) is 7.29. The Morgan fingerprint density at radius 1 is 1.31 bits per heavy atom. The van der Waals surface area contributed by atoms with Crippen molar-refractivity contribution in [3.63, 3.8) is 0 Å². The highest BCUT2D eigenvalue weighted by Gasteiger charge is 2.27. The fourth-order valence-electron chi connectivity index (χ4n) is 3.53. The van der Waals surface area contributed by atoms with Crippen LogP contribution in [-0.2, 0) is 17.6 Å². The summed E-state index contributed by atoms with van der Waals surface area (Å²) in [6.07, 6.45) is 5.05. The Morgan fingerprint density at radius 3 is 2.77 bits per heavy atom. The van der Waals surface area contributed by atoms with Crippen molar-refractivity contribution < 1.29 is 9.53 Å². The number of methoxy groups -OCH3 is 1. The van der Waals surface area contributed by atoms with Gasteiger partial charge >= 0.3 is 0 Å². The maximum Gasteiger partial charge on any atom is 0.222 e. The van der Waals surface area contributed by atoms with E-state index in [9.17, 15) is 4.79 Å². The number of carbonyl (C=O) groups excluding carboxylic acids is 1. The van der Waals surface area contributed by atoms with Gasteiger partial charge in [0.25, 0.3) is 0 Å². The lowest BCUT2D eigenvalue weighted by Crippen LogP contribution is -2.29. The van der Waals surface area contributed by atoms with Gasteiger partial charge in [0.15, 0.2) is 0 Å². The number of nitrogens with zero attached hydrogens (tertiary/aromatic N) is 4. The van der Waals surface area contributed by atoms with E-state index >= 15 is 0 Å². The first-order valence-corrected chi connectivity index (χ1v) is 9.36. The van der Waals surface area contributed by atoms with Crippen LogP contribution in [0.15, 0.2) is 30.6 Å². The van der Waals surface area contributed by atoms with Crippen LogP contribution >= 0.6 is 0 Å². The Balaban J connectivity index is 1.48. The molecular formula is C20H28N4O2. The summed E-state index contributed by atoms with van der Waals surface area (Å²) in [6, 6.07) is 8.30. The molecule has 1 saturated heterocycles. The molecule has 1 amide bonds. The minimum Gasteiger partial charge on any atom is -0.497 e. The number of aryl methyl sites for hydroxylation is 1. The third-order valence-corrected chi connectivity index (χ3v) is 5.10. The molecule has 1 atom stereocenters. The minimum atomic E-state index is 0.244. The van der Waals surface area contributed by atoms with E-state index in [4.69, 9.17) is 4.74 Å². The number of aromatic nitrogens is 3. The summed E-state index contributed by atoms with van der Waals surface area (Å²) in [5.74, 6) is 2.59. The molecular weight excluding hydrogens is 328 g/mol. The number of amides is 1. The number of hydrogen-bond donors (Lipinski definition) is 0. The van der Waals surface area contributed by atoms with Crippen LogP contribution in [0.1, 0.15) is 44.1 Å². The summed E-state index contributed by atoms with van der Waals surface area (Å²) >= 11 is 0. The molecule has 1 aromatic carbocycles. The van der Waals surface area contributed by atoms with Gasteiger partial charge in [-0.25, -0.2) is 0 Å². The van der Waals surface area contributed by atoms with Crippen LogP contribution in [0.4, 0.5) is 0 Å². The molecule has 1 fully saturated rings. The number of benzene rings is 1. The van der Waals surface area contributed by atoms with Crippen LogP contribution in [0, 0.1) is 5.92 Å². The molecule has 26 heavy (non-hydrogen) atoms. The highest BCUT2D eigenvalue weighted by Crippen LogP contribution is 2.22. The average Bonchev–Trinajstić information content (AvgIpc) is 3.30. The summed E-state index contributed by atoms with van der Waals surface area (Å²) in [5, 5.41) is 8.30. The molecule has 1 aromatic heterocycles. The highest BCUT2D eigenvalue weighted by atomic mass is 16.5. The molecule has 0 bridgehead atoms. The Labute approximate surface area is 155 Å². The lowest BCUT2D eigenvalue weighted by atomic mass is 10.0. The summed E-state index contributed by atoms with van der Waals surface area (Å²) in [7, 11) is 1.66. The average molecular weight is 356 g/mol. The van der Waals surface area contributed by atoms with Gasteiger partial charge in [-0.15, -0.1) is 10.2 Å². The molecule has 1 unspecified atom stereocenters. The predicted octanol–water partition coefficient (Wildman–Crippen LogP) is 2.89. The normalized spacial score (nSPS) is 17.1. The van der Waals surface area contributed by atoms with E-state index in [1.165, 1.54) is 5.56 Å². The Kier molecular flexibility index (Phi) is 5.91. The summed E-state index contributed by atoms with van der Waals surface area (Å²) in [6.45, 7) is 5.95. The maximum absolute atomic E-state index is 12.5. The van der Waals surface area contributed by atoms with E-state index < -0.39 is 0 Å². The van der Waals surface area contributed by atoms with E-state index in [-0.39, 0.29) is 5.91 Å². The fourth-order valence-corrected chi connectivity index (χ4v) is 3.53. The van der Waals surface area contributed by atoms with Crippen molar-refractivity contribution in [3.05, 3.63) is 42.0 Å². The van der Waals surface area contributed by atoms with Crippen molar-refractivity contribution in [1.82, 2.24) is 19.7 Å². The van der Waals surface area contributed by atoms with Crippen LogP contribution < -0.4 is 4.74 Å². The number of carbonyl (C=O) groups is 1. The molecule has 0 aliphatic carbocycles. The summed E-state index contributed by atoms with van der Waals surface area (Å²) < 4.78 is 7.29. The molecule has 1 aliphatic rings. The first-order chi connectivity index (χ1) is 12.6. The van der Waals surface area contributed by atoms with Crippen molar-refractivity contribution in [2.45, 2.75) is 45.6 Å². The molecule has 0 spiro atoms. The quantitative estimate of drug-likeness (QED) is 0.765. The van der Waals surface area contributed by atoms with E-state index in [0.717, 1.165) is 43.9 Å². The van der Waals surface area contributed by atoms with Gasteiger partial charge in [-0.1, -0.05) is 12.1 Å². The molecule has 1 aliphatic heterocycles. The van der Waals surface area contributed by atoms with E-state index in [0.29, 0.717) is 18.4 Å². The molecule has 2 aromatic rings. The van der Waals surface area contributed by atoms with Gasteiger partial charge in [0.05, 0.1) is 7.11 Å². The SMILES string of the molecule is COc1ccc(CCC(=O)N2CCC(Cc3nncn3C(C)C)C2)cc1. The van der Waals surface area contributed by atoms with Gasteiger partial charge in [-0.05, 0) is 50.3 Å². The summed E-state index contributed by atoms with van der Waals surface area (Å²) in [4.78, 5) is 14.5. The van der Waals surface area contributed by atoms with E-state index in [1.807, 2.05) is 29.2 Å². The van der Waals surface area contributed by atoms with E-state index in [1.54, 1.807) is 13.4 Å². The van der Waals surface area contributed by atoms with Crippen molar-refractivity contribution in [1.29, 1.82) is 0 Å². The smallest absolute Gasteiger partial charge is 0.222 e. The maximum atomic E-state index is 12.5. The monoisotopic (exact) mass is 356 g/mol. The third-order valence-electron chi connectivity index (χ3n) is 5.10. The highest BCUT2D eigenvalue weighted by molar-refractivity contribution is 5.76. The number of likely N-dealkylation sites (tertiary alicyclic amines) is 1. The van der Waals surface area contributed by atoms with Crippen LogP contribution in [0.25, 0.3) is 0 Å². The van der Waals surface area contributed by atoms with Gasteiger partial charge in [0.1, 0.15) is 17.9 Å². The van der Waals surface area contributed by atoms with Crippen LogP contribution in [0.3, 0.4) is 0 Å². The van der Waals surface area contributed by atoms with Crippen molar-refractivity contribution in [3.8, 4) is 5.75 Å². The second-order valence-corrected chi connectivity index (χ2v) is 7.29. The lowest BCUT2D eigenvalue weighted by molar-refractivity contribution is -0.130. The lowest BCUT2D eigenvalue weighted by Gasteiger charge is -2.17. The first kappa shape index (κ1) is 18.4. The minimum absolute atomic E-state index is 0.244. The molecule has 6 nitrogen and oxygen atoms in total. The van der Waals surface area contributed by atoms with Crippen molar-refractivity contribution >= 4 is 5.91 Å². The molecule has 0 radical (unpaired) electrons. The third kappa shape index (κ3) is 4.42. The van der Waals surface area contributed by atoms with Crippen molar-refractivity contribution in [2.24, 2.45) is 5.92 Å². The fraction of sp³-hybridized carbons (Fsp3) is 0.550. The van der Waals surface area contributed by atoms with Crippen LogP contribution in [-0.4, -0.2) is 45.8 Å². The van der Waals surface area contributed by atoms with Gasteiger partial charge in [0, 0.05) is 32.0 Å². The molecule has 0 saturated carbocycles.